The van der Waals surface area contributed by atoms with Gasteiger partial charge in [0.25, 0.3) is 0 Å². The van der Waals surface area contributed by atoms with Gasteiger partial charge in [-0.3, -0.25) is 4.79 Å². The van der Waals surface area contributed by atoms with E-state index in [4.69, 9.17) is 9.26 Å². The van der Waals surface area contributed by atoms with Crippen molar-refractivity contribution in [3.63, 3.8) is 0 Å². The van der Waals surface area contributed by atoms with Crippen molar-refractivity contribution in [2.24, 2.45) is 0 Å². The maximum Gasteiger partial charge on any atom is 0.221 e. The molecular formula is C25H28N2O5S. The standard InChI is InChI=1S/C25H28N2O5S/c1-16-17(2)27-32-25(16)19-11-12-22(31-3)23(15-19)33(29,30)14-13-24(28)26-21-10-6-8-18-7-4-5-9-20(18)21/h4-5,7,9,11-12,15,21H,6,8,10,13-14H2,1-3H3,(H,26,28)/t21-/m1/s1. The van der Waals surface area contributed by atoms with Gasteiger partial charge in [-0.15, -0.1) is 0 Å². The SMILES string of the molecule is COc1ccc(-c2onc(C)c2C)cc1S(=O)(=O)CCC(=O)N[C@@H]1CCCc2ccccc21. The fourth-order valence-electron chi connectivity index (χ4n) is 4.25. The number of amides is 1. The van der Waals surface area contributed by atoms with Gasteiger partial charge in [0.05, 0.1) is 24.6 Å². The molecule has 0 unspecified atom stereocenters. The molecule has 2 aromatic carbocycles. The zero-order valence-corrected chi connectivity index (χ0v) is 19.9. The summed E-state index contributed by atoms with van der Waals surface area (Å²) >= 11 is 0. The van der Waals surface area contributed by atoms with Crippen molar-refractivity contribution >= 4 is 15.7 Å². The summed E-state index contributed by atoms with van der Waals surface area (Å²) in [6, 6.07) is 12.8. The maximum atomic E-state index is 13.2. The van der Waals surface area contributed by atoms with Crippen LogP contribution in [0.2, 0.25) is 0 Å². The second-order valence-corrected chi connectivity index (χ2v) is 10.4. The molecule has 1 aromatic heterocycles. The number of hydrogen-bond acceptors (Lipinski definition) is 6. The maximum absolute atomic E-state index is 13.2. The van der Waals surface area contributed by atoms with Gasteiger partial charge in [-0.1, -0.05) is 29.4 Å². The fraction of sp³-hybridized carbons (Fsp3) is 0.360. The Labute approximate surface area is 194 Å². The highest BCUT2D eigenvalue weighted by atomic mass is 32.2. The molecule has 33 heavy (non-hydrogen) atoms. The van der Waals surface area contributed by atoms with Crippen LogP contribution >= 0.6 is 0 Å². The number of nitrogens with one attached hydrogen (secondary N) is 1. The number of carbonyl (C=O) groups is 1. The van der Waals surface area contributed by atoms with Crippen molar-refractivity contribution in [1.82, 2.24) is 10.5 Å². The molecule has 0 radical (unpaired) electrons. The highest BCUT2D eigenvalue weighted by molar-refractivity contribution is 7.91. The Morgan fingerprint density at radius 2 is 2.00 bits per heavy atom. The summed E-state index contributed by atoms with van der Waals surface area (Å²) in [7, 11) is -2.36. The van der Waals surface area contributed by atoms with E-state index in [0.717, 1.165) is 36.1 Å². The van der Waals surface area contributed by atoms with Gasteiger partial charge in [0.2, 0.25) is 5.91 Å². The van der Waals surface area contributed by atoms with Crippen LogP contribution in [0, 0.1) is 13.8 Å². The molecular weight excluding hydrogens is 440 g/mol. The third kappa shape index (κ3) is 4.80. The van der Waals surface area contributed by atoms with E-state index in [1.165, 1.54) is 18.7 Å². The lowest BCUT2D eigenvalue weighted by atomic mass is 9.88. The first-order valence-electron chi connectivity index (χ1n) is 11.0. The lowest BCUT2D eigenvalue weighted by molar-refractivity contribution is -0.121. The number of hydrogen-bond donors (Lipinski definition) is 1. The minimum Gasteiger partial charge on any atom is -0.495 e. The zero-order chi connectivity index (χ0) is 23.6. The minimum atomic E-state index is -3.78. The van der Waals surface area contributed by atoms with Gasteiger partial charge >= 0.3 is 0 Å². The van der Waals surface area contributed by atoms with Gasteiger partial charge in [-0.2, -0.15) is 0 Å². The lowest BCUT2D eigenvalue weighted by Gasteiger charge is -2.26. The molecule has 0 fully saturated rings. The van der Waals surface area contributed by atoms with Gasteiger partial charge in [-0.05, 0) is 62.4 Å². The van der Waals surface area contributed by atoms with Gasteiger partial charge in [-0.25, -0.2) is 8.42 Å². The summed E-state index contributed by atoms with van der Waals surface area (Å²) in [6.07, 6.45) is 2.71. The molecule has 0 saturated heterocycles. The smallest absolute Gasteiger partial charge is 0.221 e. The Bertz CT molecular complexity index is 1280. The van der Waals surface area contributed by atoms with Crippen LogP contribution < -0.4 is 10.1 Å². The quantitative estimate of drug-likeness (QED) is 0.554. The lowest BCUT2D eigenvalue weighted by Crippen LogP contribution is -2.32. The van der Waals surface area contributed by atoms with Crippen LogP contribution in [0.3, 0.4) is 0 Å². The molecule has 1 aliphatic carbocycles. The molecule has 0 bridgehead atoms. The van der Waals surface area contributed by atoms with Gasteiger partial charge in [0, 0.05) is 17.5 Å². The Kier molecular flexibility index (Phi) is 6.56. The third-order valence-corrected chi connectivity index (χ3v) is 7.95. The zero-order valence-electron chi connectivity index (χ0n) is 19.1. The van der Waals surface area contributed by atoms with Crippen molar-refractivity contribution in [2.45, 2.75) is 50.5 Å². The van der Waals surface area contributed by atoms with E-state index in [0.29, 0.717) is 11.3 Å². The van der Waals surface area contributed by atoms with Crippen LogP contribution in [0.1, 0.15) is 47.7 Å². The number of aromatic nitrogens is 1. The molecule has 1 aliphatic rings. The van der Waals surface area contributed by atoms with E-state index in [9.17, 15) is 13.2 Å². The molecule has 4 rings (SSSR count). The number of fused-ring (bicyclic) bond motifs is 1. The highest BCUT2D eigenvalue weighted by Gasteiger charge is 2.25. The van der Waals surface area contributed by atoms with Crippen LogP contribution in [0.25, 0.3) is 11.3 Å². The molecule has 3 aromatic rings. The summed E-state index contributed by atoms with van der Waals surface area (Å²) < 4.78 is 37.0. The Balaban J connectivity index is 1.50. The number of sulfone groups is 1. The van der Waals surface area contributed by atoms with Gasteiger partial charge in [0.15, 0.2) is 15.6 Å². The van der Waals surface area contributed by atoms with Crippen molar-refractivity contribution in [2.75, 3.05) is 12.9 Å². The summed E-state index contributed by atoms with van der Waals surface area (Å²) in [6.45, 7) is 3.69. The Morgan fingerprint density at radius 1 is 1.21 bits per heavy atom. The molecule has 0 spiro atoms. The van der Waals surface area contributed by atoms with Crippen LogP contribution in [0.15, 0.2) is 51.9 Å². The molecule has 1 N–H and O–H groups in total. The fourth-order valence-corrected chi connectivity index (χ4v) is 5.69. The van der Waals surface area contributed by atoms with E-state index in [-0.39, 0.29) is 34.8 Å². The Hall–Kier alpha value is -3.13. The monoisotopic (exact) mass is 468 g/mol. The van der Waals surface area contributed by atoms with Crippen LogP contribution in [0.4, 0.5) is 0 Å². The number of methoxy groups -OCH3 is 1. The van der Waals surface area contributed by atoms with Crippen molar-refractivity contribution in [3.8, 4) is 17.1 Å². The second-order valence-electron chi connectivity index (χ2n) is 8.37. The number of rotatable bonds is 7. The average Bonchev–Trinajstić information content (AvgIpc) is 3.16. The van der Waals surface area contributed by atoms with Crippen LogP contribution in [-0.4, -0.2) is 32.3 Å². The minimum absolute atomic E-state index is 0.0340. The molecule has 0 saturated carbocycles. The molecule has 1 heterocycles. The summed E-state index contributed by atoms with van der Waals surface area (Å²) in [5.74, 6) is 0.146. The number of benzene rings is 2. The van der Waals surface area contributed by atoms with Crippen molar-refractivity contribution < 1.29 is 22.5 Å². The normalized spacial score (nSPS) is 15.7. The number of nitrogens with zero attached hydrogens (tertiary/aromatic N) is 1. The third-order valence-electron chi connectivity index (χ3n) is 6.22. The van der Waals surface area contributed by atoms with E-state index in [1.807, 2.05) is 32.0 Å². The molecule has 7 nitrogen and oxygen atoms in total. The topological polar surface area (TPSA) is 98.5 Å². The molecule has 1 atom stereocenters. The van der Waals surface area contributed by atoms with Crippen LogP contribution in [-0.2, 0) is 21.1 Å². The predicted octanol–water partition coefficient (Wildman–Crippen LogP) is 4.32. The second kappa shape index (κ2) is 9.39. The van der Waals surface area contributed by atoms with Crippen molar-refractivity contribution in [3.05, 3.63) is 64.8 Å². The predicted molar refractivity (Wildman–Crippen MR) is 125 cm³/mol. The summed E-state index contributed by atoms with van der Waals surface area (Å²) in [5, 5.41) is 6.97. The summed E-state index contributed by atoms with van der Waals surface area (Å²) in [5.41, 5.74) is 4.53. The molecule has 174 valence electrons. The van der Waals surface area contributed by atoms with Gasteiger partial charge < -0.3 is 14.6 Å². The van der Waals surface area contributed by atoms with E-state index in [2.05, 4.69) is 16.5 Å². The number of ether oxygens (including phenoxy) is 1. The van der Waals surface area contributed by atoms with Crippen molar-refractivity contribution in [1.29, 1.82) is 0 Å². The van der Waals surface area contributed by atoms with E-state index < -0.39 is 9.84 Å². The number of aryl methyl sites for hydroxylation is 2. The van der Waals surface area contributed by atoms with E-state index in [1.54, 1.807) is 12.1 Å². The molecule has 0 aliphatic heterocycles. The first-order valence-corrected chi connectivity index (χ1v) is 12.7. The van der Waals surface area contributed by atoms with E-state index >= 15 is 0 Å². The van der Waals surface area contributed by atoms with Crippen LogP contribution in [0.5, 0.6) is 5.75 Å². The first-order chi connectivity index (χ1) is 15.8. The largest absolute Gasteiger partial charge is 0.495 e. The highest BCUT2D eigenvalue weighted by Crippen LogP contribution is 2.33. The summed E-state index contributed by atoms with van der Waals surface area (Å²) in [4.78, 5) is 12.7. The molecule has 1 amide bonds. The number of carbonyl (C=O) groups excluding carboxylic acids is 1. The first kappa shape index (κ1) is 23.0. The van der Waals surface area contributed by atoms with Gasteiger partial charge in [0.1, 0.15) is 10.6 Å². The molecule has 8 heteroatoms. The Morgan fingerprint density at radius 3 is 2.73 bits per heavy atom. The average molecular weight is 469 g/mol.